The van der Waals surface area contributed by atoms with E-state index in [4.69, 9.17) is 11.6 Å². The van der Waals surface area contributed by atoms with Crippen LogP contribution in [0.1, 0.15) is 16.5 Å². The van der Waals surface area contributed by atoms with Crippen molar-refractivity contribution in [3.05, 3.63) is 69.6 Å². The predicted octanol–water partition coefficient (Wildman–Crippen LogP) is 3.66. The maximum absolute atomic E-state index is 13.6. The maximum atomic E-state index is 13.6. The molecule has 0 aliphatic carbocycles. The molecule has 0 aliphatic heterocycles. The van der Waals surface area contributed by atoms with E-state index < -0.39 is 17.0 Å². The van der Waals surface area contributed by atoms with Crippen LogP contribution >= 0.6 is 11.6 Å². The highest BCUT2D eigenvalue weighted by Gasteiger charge is 2.13. The Labute approximate surface area is 123 Å². The van der Waals surface area contributed by atoms with Gasteiger partial charge in [0, 0.05) is 6.07 Å². The smallest absolute Gasteiger partial charge is 0.306 e. The summed E-state index contributed by atoms with van der Waals surface area (Å²) in [5, 5.41) is -0.479. The van der Waals surface area contributed by atoms with E-state index in [1.54, 1.807) is 18.2 Å². The quantitative estimate of drug-likeness (QED) is 0.713. The van der Waals surface area contributed by atoms with Crippen molar-refractivity contribution in [2.45, 2.75) is 11.8 Å². The molecule has 0 radical (unpaired) electrons. The van der Waals surface area contributed by atoms with Gasteiger partial charge in [-0.2, -0.15) is 0 Å². The van der Waals surface area contributed by atoms with Crippen LogP contribution in [-0.4, -0.2) is 9.97 Å². The lowest BCUT2D eigenvalue weighted by Crippen LogP contribution is -1.99. The van der Waals surface area contributed by atoms with Crippen LogP contribution in [-0.2, 0) is 6.42 Å². The topological polar surface area (TPSA) is 48.6 Å². The second-order valence-corrected chi connectivity index (χ2v) is 5.32. The highest BCUT2D eigenvalue weighted by atomic mass is 35.5. The standard InChI is InChI=1S/C15H11ClF2N2O/c16-11(5-9-1-3-10(17)7-12(9)18)8-2-4-13-14(6-8)20-15(21)19-13/h1-4,6-7,11H,5H2,(H2,19,20,21). The van der Waals surface area contributed by atoms with Crippen LogP contribution in [0, 0.1) is 11.6 Å². The molecule has 0 spiro atoms. The SMILES string of the molecule is O=c1[nH]c2ccc(C(Cl)Cc3ccc(F)cc3F)cc2[nH]1. The minimum Gasteiger partial charge on any atom is -0.306 e. The molecule has 1 aromatic heterocycles. The lowest BCUT2D eigenvalue weighted by Gasteiger charge is -2.11. The predicted molar refractivity (Wildman–Crippen MR) is 77.6 cm³/mol. The van der Waals surface area contributed by atoms with E-state index in [2.05, 4.69) is 9.97 Å². The Hall–Kier alpha value is -2.14. The fourth-order valence-corrected chi connectivity index (χ4v) is 2.55. The monoisotopic (exact) mass is 308 g/mol. The Balaban J connectivity index is 1.89. The molecule has 6 heteroatoms. The zero-order chi connectivity index (χ0) is 15.0. The first-order valence-corrected chi connectivity index (χ1v) is 6.76. The number of halogens is 3. The molecule has 3 nitrogen and oxygen atoms in total. The summed E-state index contributed by atoms with van der Waals surface area (Å²) >= 11 is 6.30. The summed E-state index contributed by atoms with van der Waals surface area (Å²) in [6.45, 7) is 0. The number of aromatic amines is 2. The maximum Gasteiger partial charge on any atom is 0.323 e. The van der Waals surface area contributed by atoms with Gasteiger partial charge in [-0.25, -0.2) is 13.6 Å². The highest BCUT2D eigenvalue weighted by Crippen LogP contribution is 2.27. The van der Waals surface area contributed by atoms with E-state index in [-0.39, 0.29) is 12.1 Å². The normalized spacial score (nSPS) is 12.7. The zero-order valence-corrected chi connectivity index (χ0v) is 11.5. The van der Waals surface area contributed by atoms with Gasteiger partial charge < -0.3 is 9.97 Å². The summed E-state index contributed by atoms with van der Waals surface area (Å²) in [6, 6.07) is 8.67. The lowest BCUT2D eigenvalue weighted by atomic mass is 10.0. The van der Waals surface area contributed by atoms with Crippen LogP contribution in [0.2, 0.25) is 0 Å². The molecule has 0 saturated carbocycles. The molecule has 0 fully saturated rings. The van der Waals surface area contributed by atoms with Gasteiger partial charge in [0.1, 0.15) is 11.6 Å². The van der Waals surface area contributed by atoms with Crippen LogP contribution in [0.15, 0.2) is 41.2 Å². The summed E-state index contributed by atoms with van der Waals surface area (Å²) < 4.78 is 26.5. The molecule has 3 rings (SSSR count). The van der Waals surface area contributed by atoms with Crippen LogP contribution < -0.4 is 5.69 Å². The first-order chi connectivity index (χ1) is 10.0. The van der Waals surface area contributed by atoms with Crippen LogP contribution in [0.3, 0.4) is 0 Å². The Morgan fingerprint density at radius 2 is 1.81 bits per heavy atom. The number of aromatic nitrogens is 2. The summed E-state index contributed by atoms with van der Waals surface area (Å²) in [5.41, 5.74) is 2.13. The number of imidazole rings is 1. The molecule has 0 aliphatic rings. The van der Waals surface area contributed by atoms with Gasteiger partial charge in [0.05, 0.1) is 16.4 Å². The second kappa shape index (κ2) is 5.33. The number of hydrogen-bond acceptors (Lipinski definition) is 1. The Morgan fingerprint density at radius 1 is 1.05 bits per heavy atom. The van der Waals surface area contributed by atoms with Gasteiger partial charge >= 0.3 is 5.69 Å². The van der Waals surface area contributed by atoms with Gasteiger partial charge in [0.2, 0.25) is 0 Å². The third kappa shape index (κ3) is 2.83. The van der Waals surface area contributed by atoms with Crippen molar-refractivity contribution in [3.8, 4) is 0 Å². The average molecular weight is 309 g/mol. The molecule has 1 heterocycles. The first-order valence-electron chi connectivity index (χ1n) is 6.33. The molecular weight excluding hydrogens is 298 g/mol. The fraction of sp³-hybridized carbons (Fsp3) is 0.133. The summed E-state index contributed by atoms with van der Waals surface area (Å²) in [4.78, 5) is 16.5. The molecule has 0 bridgehead atoms. The Bertz CT molecular complexity index is 856. The minimum atomic E-state index is -0.617. The van der Waals surface area contributed by atoms with E-state index in [1.807, 2.05) is 0 Å². The Kier molecular flexibility index (Phi) is 3.51. The van der Waals surface area contributed by atoms with Crippen molar-refractivity contribution in [2.75, 3.05) is 0 Å². The third-order valence-electron chi connectivity index (χ3n) is 3.32. The largest absolute Gasteiger partial charge is 0.323 e. The molecule has 2 N–H and O–H groups in total. The molecule has 3 aromatic rings. The van der Waals surface area contributed by atoms with Gasteiger partial charge in [-0.3, -0.25) is 0 Å². The van der Waals surface area contributed by atoms with Crippen molar-refractivity contribution in [1.82, 2.24) is 9.97 Å². The second-order valence-electron chi connectivity index (χ2n) is 4.79. The lowest BCUT2D eigenvalue weighted by molar-refractivity contribution is 0.570. The molecular formula is C15H11ClF2N2O. The number of benzene rings is 2. The van der Waals surface area contributed by atoms with Gasteiger partial charge in [-0.05, 0) is 35.7 Å². The summed E-state index contributed by atoms with van der Waals surface area (Å²) in [5.74, 6) is -1.23. The summed E-state index contributed by atoms with van der Waals surface area (Å²) in [6.07, 6.45) is 0.230. The number of nitrogens with one attached hydrogen (secondary N) is 2. The average Bonchev–Trinajstić information content (AvgIpc) is 2.80. The van der Waals surface area contributed by atoms with E-state index >= 15 is 0 Å². The van der Waals surface area contributed by atoms with Crippen molar-refractivity contribution in [2.24, 2.45) is 0 Å². The van der Waals surface area contributed by atoms with Gasteiger partial charge in [0.15, 0.2) is 0 Å². The number of rotatable bonds is 3. The number of hydrogen-bond donors (Lipinski definition) is 2. The van der Waals surface area contributed by atoms with E-state index in [0.717, 1.165) is 11.6 Å². The molecule has 0 saturated heterocycles. The van der Waals surface area contributed by atoms with Gasteiger partial charge in [-0.1, -0.05) is 12.1 Å². The number of H-pyrrole nitrogens is 2. The number of alkyl halides is 1. The van der Waals surface area contributed by atoms with Crippen molar-refractivity contribution in [3.63, 3.8) is 0 Å². The van der Waals surface area contributed by atoms with Gasteiger partial charge in [-0.15, -0.1) is 11.6 Å². The first kappa shape index (κ1) is 13.8. The molecule has 1 atom stereocenters. The van der Waals surface area contributed by atoms with E-state index in [0.29, 0.717) is 16.6 Å². The molecule has 2 aromatic carbocycles. The number of fused-ring (bicyclic) bond motifs is 1. The third-order valence-corrected chi connectivity index (χ3v) is 3.72. The van der Waals surface area contributed by atoms with E-state index in [1.165, 1.54) is 12.1 Å². The van der Waals surface area contributed by atoms with Crippen LogP contribution in [0.4, 0.5) is 8.78 Å². The Morgan fingerprint density at radius 3 is 2.57 bits per heavy atom. The van der Waals surface area contributed by atoms with Crippen LogP contribution in [0.25, 0.3) is 11.0 Å². The molecule has 108 valence electrons. The zero-order valence-electron chi connectivity index (χ0n) is 10.8. The van der Waals surface area contributed by atoms with Gasteiger partial charge in [0.25, 0.3) is 0 Å². The van der Waals surface area contributed by atoms with Crippen molar-refractivity contribution >= 4 is 22.6 Å². The minimum absolute atomic E-state index is 0.230. The van der Waals surface area contributed by atoms with Crippen LogP contribution in [0.5, 0.6) is 0 Å². The molecule has 21 heavy (non-hydrogen) atoms. The molecule has 0 amide bonds. The van der Waals surface area contributed by atoms with Crippen molar-refractivity contribution < 1.29 is 8.78 Å². The van der Waals surface area contributed by atoms with E-state index in [9.17, 15) is 13.6 Å². The summed E-state index contributed by atoms with van der Waals surface area (Å²) in [7, 11) is 0. The fourth-order valence-electron chi connectivity index (χ4n) is 2.24. The highest BCUT2D eigenvalue weighted by molar-refractivity contribution is 6.21. The molecule has 1 unspecified atom stereocenters. The van der Waals surface area contributed by atoms with Crippen molar-refractivity contribution in [1.29, 1.82) is 0 Å².